The van der Waals surface area contributed by atoms with E-state index in [9.17, 15) is 4.79 Å². The molecule has 0 aliphatic heterocycles. The number of fused-ring (bicyclic) bond motifs is 1. The predicted octanol–water partition coefficient (Wildman–Crippen LogP) is 2.85. The minimum Gasteiger partial charge on any atom is -0.337 e. The fraction of sp³-hybridized carbons (Fsp3) is 0.111. The van der Waals surface area contributed by atoms with Gasteiger partial charge in [-0.25, -0.2) is 9.67 Å². The maximum absolute atomic E-state index is 12.8. The van der Waals surface area contributed by atoms with Crippen LogP contribution in [0.2, 0.25) is 5.02 Å². The number of hydrogen-bond acceptors (Lipinski definition) is 8. The molecule has 4 heterocycles. The minimum atomic E-state index is -0.330. The van der Waals surface area contributed by atoms with Crippen LogP contribution in [0, 0.1) is 0 Å². The summed E-state index contributed by atoms with van der Waals surface area (Å²) in [5, 5.41) is 14.6. The van der Waals surface area contributed by atoms with Crippen molar-refractivity contribution in [2.45, 2.75) is 13.1 Å². The molecule has 0 aliphatic rings. The van der Waals surface area contributed by atoms with Gasteiger partial charge in [-0.05, 0) is 29.1 Å². The molecule has 1 aromatic carbocycles. The number of aromatic nitrogens is 7. The molecular formula is C18H12ClN7O2S. The van der Waals surface area contributed by atoms with E-state index < -0.39 is 0 Å². The molecule has 0 atom stereocenters. The van der Waals surface area contributed by atoms with Gasteiger partial charge in [0.1, 0.15) is 12.9 Å². The van der Waals surface area contributed by atoms with E-state index in [1.54, 1.807) is 10.7 Å². The summed E-state index contributed by atoms with van der Waals surface area (Å²) in [6, 6.07) is 11.2. The lowest BCUT2D eigenvalue weighted by Crippen LogP contribution is -2.21. The molecule has 0 saturated heterocycles. The topological polar surface area (TPSA) is 105 Å². The second kappa shape index (κ2) is 7.22. The third-order valence-corrected chi connectivity index (χ3v) is 5.33. The maximum atomic E-state index is 12.8. The van der Waals surface area contributed by atoms with Crippen molar-refractivity contribution in [1.82, 2.24) is 34.7 Å². The van der Waals surface area contributed by atoms with Gasteiger partial charge >= 0.3 is 0 Å². The second-order valence-electron chi connectivity index (χ2n) is 6.22. The van der Waals surface area contributed by atoms with Crippen LogP contribution in [0.1, 0.15) is 11.5 Å². The zero-order chi connectivity index (χ0) is 19.8. The molecule has 5 aromatic rings. The third-order valence-electron chi connectivity index (χ3n) is 4.23. The number of nitrogens with zero attached hydrogens (tertiary/aromatic N) is 7. The molecule has 0 fully saturated rings. The van der Waals surface area contributed by atoms with Crippen molar-refractivity contribution in [2.75, 3.05) is 0 Å². The zero-order valence-electron chi connectivity index (χ0n) is 14.8. The maximum Gasteiger partial charge on any atom is 0.283 e. The number of benzene rings is 1. The van der Waals surface area contributed by atoms with Crippen LogP contribution in [-0.2, 0) is 13.1 Å². The van der Waals surface area contributed by atoms with Crippen LogP contribution >= 0.6 is 22.9 Å². The van der Waals surface area contributed by atoms with Gasteiger partial charge in [-0.3, -0.25) is 9.36 Å². The largest absolute Gasteiger partial charge is 0.337 e. The average Bonchev–Trinajstić information content (AvgIpc) is 3.45. The standard InChI is InChI=1S/C18H12ClN7O2S/c19-12-4-1-3-11(7-12)8-26-17-15(22-24-26)18(27)25(10-20-17)9-14-21-16(23-28-14)13-5-2-6-29-13/h1-7,10H,8-9H2. The van der Waals surface area contributed by atoms with Gasteiger partial charge in [0, 0.05) is 5.02 Å². The van der Waals surface area contributed by atoms with E-state index in [0.717, 1.165) is 10.4 Å². The highest BCUT2D eigenvalue weighted by Crippen LogP contribution is 2.21. The molecule has 0 aliphatic carbocycles. The van der Waals surface area contributed by atoms with E-state index in [-0.39, 0.29) is 17.6 Å². The zero-order valence-corrected chi connectivity index (χ0v) is 16.3. The van der Waals surface area contributed by atoms with E-state index in [1.807, 2.05) is 35.7 Å². The van der Waals surface area contributed by atoms with Gasteiger partial charge in [0.25, 0.3) is 5.56 Å². The van der Waals surface area contributed by atoms with Gasteiger partial charge in [-0.15, -0.1) is 16.4 Å². The fourth-order valence-corrected chi connectivity index (χ4v) is 3.75. The number of thiophene rings is 1. The Morgan fingerprint density at radius 1 is 1.17 bits per heavy atom. The molecule has 11 heteroatoms. The summed E-state index contributed by atoms with van der Waals surface area (Å²) in [6.45, 7) is 0.503. The number of halogens is 1. The van der Waals surface area contributed by atoms with E-state index in [1.165, 1.54) is 22.2 Å². The van der Waals surface area contributed by atoms with E-state index >= 15 is 0 Å². The van der Waals surface area contributed by atoms with Gasteiger partial charge in [0.15, 0.2) is 11.2 Å². The summed E-state index contributed by atoms with van der Waals surface area (Å²) < 4.78 is 8.19. The van der Waals surface area contributed by atoms with Crippen molar-refractivity contribution >= 4 is 34.1 Å². The molecule has 0 amide bonds. The smallest absolute Gasteiger partial charge is 0.283 e. The summed E-state index contributed by atoms with van der Waals surface area (Å²) in [5.41, 5.74) is 1.18. The Bertz CT molecular complexity index is 1360. The molecular weight excluding hydrogens is 414 g/mol. The summed E-state index contributed by atoms with van der Waals surface area (Å²) in [4.78, 5) is 22.4. The van der Waals surface area contributed by atoms with E-state index in [0.29, 0.717) is 28.9 Å². The van der Waals surface area contributed by atoms with Crippen molar-refractivity contribution in [1.29, 1.82) is 0 Å². The number of hydrogen-bond donors (Lipinski definition) is 0. The Kier molecular flexibility index (Phi) is 4.41. The lowest BCUT2D eigenvalue weighted by atomic mass is 10.2. The monoisotopic (exact) mass is 425 g/mol. The van der Waals surface area contributed by atoms with Crippen molar-refractivity contribution in [3.63, 3.8) is 0 Å². The van der Waals surface area contributed by atoms with Gasteiger partial charge < -0.3 is 4.52 Å². The van der Waals surface area contributed by atoms with Crippen molar-refractivity contribution < 1.29 is 4.52 Å². The quantitative estimate of drug-likeness (QED) is 0.426. The molecule has 4 aromatic heterocycles. The predicted molar refractivity (Wildman–Crippen MR) is 107 cm³/mol. The van der Waals surface area contributed by atoms with Crippen LogP contribution in [0.25, 0.3) is 21.9 Å². The molecule has 0 N–H and O–H groups in total. The average molecular weight is 426 g/mol. The summed E-state index contributed by atoms with van der Waals surface area (Å²) >= 11 is 7.54. The van der Waals surface area contributed by atoms with Gasteiger partial charge in [0.05, 0.1) is 11.4 Å². The molecule has 0 bridgehead atoms. The molecule has 0 saturated carbocycles. The highest BCUT2D eigenvalue weighted by Gasteiger charge is 2.15. The van der Waals surface area contributed by atoms with Crippen LogP contribution in [0.4, 0.5) is 0 Å². The highest BCUT2D eigenvalue weighted by molar-refractivity contribution is 7.13. The van der Waals surface area contributed by atoms with Crippen LogP contribution in [0.15, 0.2) is 57.4 Å². The number of rotatable bonds is 5. The normalized spacial score (nSPS) is 11.3. The lowest BCUT2D eigenvalue weighted by Gasteiger charge is -2.04. The first-order chi connectivity index (χ1) is 14.2. The van der Waals surface area contributed by atoms with Gasteiger partial charge in [-0.2, -0.15) is 4.98 Å². The van der Waals surface area contributed by atoms with Crippen LogP contribution in [0.5, 0.6) is 0 Å². The lowest BCUT2D eigenvalue weighted by molar-refractivity contribution is 0.369. The van der Waals surface area contributed by atoms with Gasteiger partial charge in [0.2, 0.25) is 11.7 Å². The first kappa shape index (κ1) is 17.7. The second-order valence-corrected chi connectivity index (χ2v) is 7.60. The molecule has 29 heavy (non-hydrogen) atoms. The molecule has 9 nitrogen and oxygen atoms in total. The van der Waals surface area contributed by atoms with Crippen LogP contribution in [0.3, 0.4) is 0 Å². The van der Waals surface area contributed by atoms with Crippen molar-refractivity contribution in [3.8, 4) is 10.7 Å². The Morgan fingerprint density at radius 3 is 2.93 bits per heavy atom. The SMILES string of the molecule is O=c1c2nnn(Cc3cccc(Cl)c3)c2ncn1Cc1nc(-c2cccs2)no1. The Hall–Kier alpha value is -3.37. The highest BCUT2D eigenvalue weighted by atomic mass is 35.5. The first-order valence-electron chi connectivity index (χ1n) is 8.57. The Balaban J connectivity index is 1.43. The van der Waals surface area contributed by atoms with E-state index in [2.05, 4.69) is 25.4 Å². The fourth-order valence-electron chi connectivity index (χ4n) is 2.89. The molecule has 0 unspecified atom stereocenters. The minimum absolute atomic E-state index is 0.0985. The van der Waals surface area contributed by atoms with Crippen molar-refractivity contribution in [3.05, 3.63) is 74.9 Å². The van der Waals surface area contributed by atoms with E-state index in [4.69, 9.17) is 16.1 Å². The van der Waals surface area contributed by atoms with Crippen LogP contribution in [-0.4, -0.2) is 34.7 Å². The third kappa shape index (κ3) is 3.43. The first-order valence-corrected chi connectivity index (χ1v) is 9.83. The van der Waals surface area contributed by atoms with Crippen molar-refractivity contribution in [2.24, 2.45) is 0 Å². The molecule has 144 valence electrons. The summed E-state index contributed by atoms with van der Waals surface area (Å²) in [7, 11) is 0. The Labute approximate surface area is 172 Å². The molecule has 0 radical (unpaired) electrons. The summed E-state index contributed by atoms with van der Waals surface area (Å²) in [6.07, 6.45) is 1.43. The summed E-state index contributed by atoms with van der Waals surface area (Å²) in [5.74, 6) is 0.799. The van der Waals surface area contributed by atoms with Crippen LogP contribution < -0.4 is 5.56 Å². The molecule has 0 spiro atoms. The Morgan fingerprint density at radius 2 is 2.10 bits per heavy atom. The van der Waals surface area contributed by atoms with Gasteiger partial charge in [-0.1, -0.05) is 40.2 Å². The molecule has 5 rings (SSSR count).